The van der Waals surface area contributed by atoms with E-state index in [4.69, 9.17) is 5.26 Å². The Bertz CT molecular complexity index is 677. The number of halogens is 2. The molecule has 0 fully saturated rings. The van der Waals surface area contributed by atoms with E-state index in [9.17, 15) is 8.78 Å². The normalized spacial score (nSPS) is 10.4. The molecule has 0 spiro atoms. The van der Waals surface area contributed by atoms with Crippen LogP contribution < -0.4 is 0 Å². The summed E-state index contributed by atoms with van der Waals surface area (Å²) in [4.78, 5) is 8.21. The second kappa shape index (κ2) is 5.55. The molecule has 1 heterocycles. The molecule has 102 valence electrons. The predicted molar refractivity (Wildman–Crippen MR) is 71.4 cm³/mol. The van der Waals surface area contributed by atoms with Crippen LogP contribution in [0.1, 0.15) is 22.5 Å². The molecule has 0 aliphatic heterocycles. The number of hydrogen-bond donors (Lipinski definition) is 0. The lowest BCUT2D eigenvalue weighted by atomic mass is 10.2. The first kappa shape index (κ1) is 14.4. The molecule has 0 N–H and O–H groups in total. The molecule has 3 nitrogen and oxygen atoms in total. The van der Waals surface area contributed by atoms with Gasteiger partial charge >= 0.3 is 0 Å². The zero-order valence-corrected chi connectivity index (χ0v) is 12.0. The highest BCUT2D eigenvalue weighted by molar-refractivity contribution is 7.99. The fraction of sp³-hybridized carbons (Fsp3) is 0.214. The second-order valence-corrected chi connectivity index (χ2v) is 5.26. The smallest absolute Gasteiger partial charge is 0.193 e. The Morgan fingerprint density at radius 3 is 2.00 bits per heavy atom. The summed E-state index contributed by atoms with van der Waals surface area (Å²) in [6.07, 6.45) is 0. The molecule has 0 unspecified atom stereocenters. The minimum atomic E-state index is -0.786. The average Bonchev–Trinajstić information content (AvgIpc) is 2.39. The molecule has 1 aromatic carbocycles. The first-order valence-corrected chi connectivity index (χ1v) is 6.63. The average molecular weight is 291 g/mol. The fourth-order valence-electron chi connectivity index (χ4n) is 1.60. The molecule has 20 heavy (non-hydrogen) atoms. The number of aromatic nitrogens is 2. The summed E-state index contributed by atoms with van der Waals surface area (Å²) >= 11 is 0.815. The summed E-state index contributed by atoms with van der Waals surface area (Å²) in [6, 6.07) is 3.70. The van der Waals surface area contributed by atoms with Crippen molar-refractivity contribution in [2.75, 3.05) is 0 Å². The maximum absolute atomic E-state index is 13.8. The van der Waals surface area contributed by atoms with Gasteiger partial charge in [-0.3, -0.25) is 0 Å². The van der Waals surface area contributed by atoms with Gasteiger partial charge in [0.05, 0.1) is 16.5 Å². The van der Waals surface area contributed by atoms with E-state index in [-0.39, 0.29) is 15.6 Å². The first-order valence-electron chi connectivity index (χ1n) is 5.81. The van der Waals surface area contributed by atoms with Gasteiger partial charge in [0.15, 0.2) is 5.16 Å². The Morgan fingerprint density at radius 1 is 1.05 bits per heavy atom. The van der Waals surface area contributed by atoms with Crippen molar-refractivity contribution >= 4 is 11.8 Å². The van der Waals surface area contributed by atoms with Gasteiger partial charge in [0, 0.05) is 11.4 Å². The molecule has 1 aromatic heterocycles. The molecular formula is C14H11F2N3S. The summed E-state index contributed by atoms with van der Waals surface area (Å²) in [5.74, 6) is -1.57. The van der Waals surface area contributed by atoms with E-state index in [2.05, 4.69) is 9.97 Å². The zero-order valence-electron chi connectivity index (χ0n) is 11.2. The Hall–Kier alpha value is -2.00. The first-order chi connectivity index (χ1) is 9.42. The molecule has 0 bridgehead atoms. The van der Waals surface area contributed by atoms with Crippen LogP contribution in [0.4, 0.5) is 8.78 Å². The van der Waals surface area contributed by atoms with Crippen molar-refractivity contribution in [2.45, 2.75) is 30.8 Å². The molecule has 2 aromatic rings. The maximum atomic E-state index is 13.8. The largest absolute Gasteiger partial charge is 0.227 e. The van der Waals surface area contributed by atoms with Gasteiger partial charge in [0.2, 0.25) is 0 Å². The van der Waals surface area contributed by atoms with Gasteiger partial charge in [-0.1, -0.05) is 0 Å². The lowest BCUT2D eigenvalue weighted by Crippen LogP contribution is -1.99. The summed E-state index contributed by atoms with van der Waals surface area (Å²) in [7, 11) is 0. The van der Waals surface area contributed by atoms with E-state index in [1.165, 1.54) is 0 Å². The molecule has 6 heteroatoms. The van der Waals surface area contributed by atoms with Crippen molar-refractivity contribution in [3.05, 3.63) is 46.3 Å². The van der Waals surface area contributed by atoms with Crippen LogP contribution in [-0.2, 0) is 0 Å². The Labute approximate surface area is 119 Å². The van der Waals surface area contributed by atoms with Gasteiger partial charge in [-0.25, -0.2) is 18.7 Å². The number of hydrogen-bond acceptors (Lipinski definition) is 4. The molecule has 0 atom stereocenters. The number of benzene rings is 1. The third-order valence-corrected chi connectivity index (χ3v) is 3.89. The maximum Gasteiger partial charge on any atom is 0.193 e. The third kappa shape index (κ3) is 2.78. The van der Waals surface area contributed by atoms with Crippen molar-refractivity contribution in [1.82, 2.24) is 9.97 Å². The standard InChI is InChI=1S/C14H11F2N3S/c1-7-8(2)18-14(19-9(7)3)20-13-11(15)4-10(6-17)5-12(13)16/h4-5H,1-3H3. The molecule has 0 saturated heterocycles. The summed E-state index contributed by atoms with van der Waals surface area (Å²) in [5.41, 5.74) is 2.44. The van der Waals surface area contributed by atoms with Gasteiger partial charge in [-0.05, 0) is 50.2 Å². The van der Waals surface area contributed by atoms with E-state index in [1.54, 1.807) is 6.07 Å². The van der Waals surface area contributed by atoms with Crippen LogP contribution in [0.15, 0.2) is 22.2 Å². The van der Waals surface area contributed by atoms with Crippen molar-refractivity contribution in [3.63, 3.8) is 0 Å². The molecule has 0 radical (unpaired) electrons. The lowest BCUT2D eigenvalue weighted by molar-refractivity contribution is 0.539. The zero-order chi connectivity index (χ0) is 14.9. The quantitative estimate of drug-likeness (QED) is 0.792. The van der Waals surface area contributed by atoms with Gasteiger partial charge < -0.3 is 0 Å². The van der Waals surface area contributed by atoms with Gasteiger partial charge in [-0.2, -0.15) is 5.26 Å². The van der Waals surface area contributed by atoms with Crippen LogP contribution in [0.25, 0.3) is 0 Å². The van der Waals surface area contributed by atoms with Crippen LogP contribution in [0.5, 0.6) is 0 Å². The van der Waals surface area contributed by atoms with Gasteiger partial charge in [0.25, 0.3) is 0 Å². The van der Waals surface area contributed by atoms with Gasteiger partial charge in [0.1, 0.15) is 11.6 Å². The Morgan fingerprint density at radius 2 is 1.55 bits per heavy atom. The van der Waals surface area contributed by atoms with Crippen LogP contribution in [-0.4, -0.2) is 9.97 Å². The number of rotatable bonds is 2. The summed E-state index contributed by atoms with van der Waals surface area (Å²) in [5, 5.41) is 8.94. The molecule has 2 rings (SSSR count). The number of aryl methyl sites for hydroxylation is 2. The monoisotopic (exact) mass is 291 g/mol. The Kier molecular flexibility index (Phi) is 4.00. The molecular weight excluding hydrogens is 280 g/mol. The van der Waals surface area contributed by atoms with E-state index >= 15 is 0 Å². The van der Waals surface area contributed by atoms with Crippen molar-refractivity contribution in [1.29, 1.82) is 5.26 Å². The molecule has 0 saturated carbocycles. The fourth-order valence-corrected chi connectivity index (χ4v) is 2.46. The predicted octanol–water partition coefficient (Wildman–Crippen LogP) is 3.70. The highest BCUT2D eigenvalue weighted by Crippen LogP contribution is 2.31. The lowest BCUT2D eigenvalue weighted by Gasteiger charge is -2.08. The van der Waals surface area contributed by atoms with E-state index < -0.39 is 11.6 Å². The summed E-state index contributed by atoms with van der Waals surface area (Å²) < 4.78 is 27.6. The van der Waals surface area contributed by atoms with E-state index in [1.807, 2.05) is 20.8 Å². The molecule has 0 aliphatic carbocycles. The van der Waals surface area contributed by atoms with E-state index in [0.717, 1.165) is 40.8 Å². The van der Waals surface area contributed by atoms with Crippen LogP contribution in [0.2, 0.25) is 0 Å². The minimum absolute atomic E-state index is 0.0541. The minimum Gasteiger partial charge on any atom is -0.227 e. The highest BCUT2D eigenvalue weighted by atomic mass is 32.2. The van der Waals surface area contributed by atoms with Crippen molar-refractivity contribution in [2.24, 2.45) is 0 Å². The van der Waals surface area contributed by atoms with E-state index in [0.29, 0.717) is 0 Å². The van der Waals surface area contributed by atoms with Crippen molar-refractivity contribution in [3.8, 4) is 6.07 Å². The SMILES string of the molecule is Cc1nc(Sc2c(F)cc(C#N)cc2F)nc(C)c1C. The van der Waals surface area contributed by atoms with Crippen LogP contribution in [0.3, 0.4) is 0 Å². The van der Waals surface area contributed by atoms with Gasteiger partial charge in [-0.15, -0.1) is 0 Å². The van der Waals surface area contributed by atoms with Crippen LogP contribution >= 0.6 is 11.8 Å². The number of nitrogens with zero attached hydrogens (tertiary/aromatic N) is 3. The number of nitriles is 1. The summed E-state index contributed by atoms with van der Waals surface area (Å²) in [6.45, 7) is 5.53. The van der Waals surface area contributed by atoms with Crippen LogP contribution in [0, 0.1) is 43.7 Å². The molecule has 0 aliphatic rings. The molecule has 0 amide bonds. The highest BCUT2D eigenvalue weighted by Gasteiger charge is 2.15. The Balaban J connectivity index is 2.43. The third-order valence-electron chi connectivity index (χ3n) is 2.93. The van der Waals surface area contributed by atoms with Crippen molar-refractivity contribution < 1.29 is 8.78 Å². The second-order valence-electron chi connectivity index (χ2n) is 4.28. The topological polar surface area (TPSA) is 49.6 Å².